The topological polar surface area (TPSA) is 91.2 Å². The Morgan fingerprint density at radius 2 is 2.00 bits per heavy atom. The minimum absolute atomic E-state index is 0.0445. The van der Waals surface area contributed by atoms with Crippen molar-refractivity contribution in [1.82, 2.24) is 15.2 Å². The maximum Gasteiger partial charge on any atom is 0.231 e. The van der Waals surface area contributed by atoms with Gasteiger partial charge in [-0.25, -0.2) is 0 Å². The Hall–Kier alpha value is -2.34. The normalized spacial score (nSPS) is 16.5. The van der Waals surface area contributed by atoms with Crippen molar-refractivity contribution in [2.45, 2.75) is 25.3 Å². The molecule has 1 fully saturated rings. The zero-order valence-corrected chi connectivity index (χ0v) is 13.0. The second-order valence-corrected chi connectivity index (χ2v) is 6.12. The summed E-state index contributed by atoms with van der Waals surface area (Å²) in [5.74, 6) is -0.255. The molecule has 23 heavy (non-hydrogen) atoms. The molecule has 1 aromatic heterocycles. The number of amides is 2. The van der Waals surface area contributed by atoms with E-state index in [0.29, 0.717) is 13.0 Å². The van der Waals surface area contributed by atoms with E-state index in [2.05, 4.69) is 10.3 Å². The fourth-order valence-corrected chi connectivity index (χ4v) is 3.19. The number of H-pyrrole nitrogens is 1. The number of aromatic nitrogens is 1. The van der Waals surface area contributed by atoms with Crippen LogP contribution in [0.5, 0.6) is 0 Å². The highest BCUT2D eigenvalue weighted by Gasteiger charge is 2.21. The van der Waals surface area contributed by atoms with Crippen molar-refractivity contribution in [2.24, 2.45) is 5.73 Å². The molecular weight excluding hydrogens is 292 g/mol. The maximum absolute atomic E-state index is 12.3. The number of rotatable bonds is 5. The van der Waals surface area contributed by atoms with Crippen LogP contribution in [0.1, 0.15) is 18.4 Å². The van der Waals surface area contributed by atoms with Gasteiger partial charge in [0, 0.05) is 36.2 Å². The lowest BCUT2D eigenvalue weighted by atomic mass is 10.0. The van der Waals surface area contributed by atoms with Gasteiger partial charge in [-0.2, -0.15) is 0 Å². The van der Waals surface area contributed by atoms with Crippen LogP contribution in [-0.4, -0.2) is 47.4 Å². The van der Waals surface area contributed by atoms with Crippen molar-refractivity contribution in [3.8, 4) is 0 Å². The molecule has 0 aliphatic carbocycles. The molecule has 2 amide bonds. The van der Waals surface area contributed by atoms with Crippen molar-refractivity contribution < 1.29 is 9.59 Å². The first-order chi connectivity index (χ1) is 11.1. The minimum Gasteiger partial charge on any atom is -0.369 e. The fourth-order valence-electron chi connectivity index (χ4n) is 3.19. The Bertz CT molecular complexity index is 701. The molecule has 1 aromatic carbocycles. The molecule has 6 heteroatoms. The van der Waals surface area contributed by atoms with Gasteiger partial charge in [0.1, 0.15) is 0 Å². The van der Waals surface area contributed by atoms with E-state index in [1.165, 1.54) is 0 Å². The molecule has 2 heterocycles. The molecule has 3 rings (SSSR count). The molecule has 1 aliphatic heterocycles. The average molecular weight is 314 g/mol. The van der Waals surface area contributed by atoms with Crippen LogP contribution in [-0.2, 0) is 16.0 Å². The standard InChI is InChI=1S/C17H22N4O2/c18-16(22)11-21-7-5-13(6-8-21)20-17(23)9-12-10-19-15-4-2-1-3-14(12)15/h1-4,10,13,19H,5-9,11H2,(H2,18,22)(H,20,23). The second-order valence-electron chi connectivity index (χ2n) is 6.12. The lowest BCUT2D eigenvalue weighted by Crippen LogP contribution is -2.47. The highest BCUT2D eigenvalue weighted by atomic mass is 16.2. The fraction of sp³-hybridized carbons (Fsp3) is 0.412. The van der Waals surface area contributed by atoms with Crippen molar-refractivity contribution in [3.05, 3.63) is 36.0 Å². The minimum atomic E-state index is -0.299. The summed E-state index contributed by atoms with van der Waals surface area (Å²) in [6, 6.07) is 8.16. The van der Waals surface area contributed by atoms with Gasteiger partial charge in [0.15, 0.2) is 0 Å². The first-order valence-electron chi connectivity index (χ1n) is 7.97. The van der Waals surface area contributed by atoms with Gasteiger partial charge in [0.2, 0.25) is 11.8 Å². The molecular formula is C17H22N4O2. The molecule has 0 bridgehead atoms. The van der Waals surface area contributed by atoms with Crippen molar-refractivity contribution in [1.29, 1.82) is 0 Å². The Morgan fingerprint density at radius 3 is 2.74 bits per heavy atom. The van der Waals surface area contributed by atoms with Crippen LogP contribution in [0.25, 0.3) is 10.9 Å². The number of hydrogen-bond donors (Lipinski definition) is 3. The van der Waals surface area contributed by atoms with Gasteiger partial charge in [-0.15, -0.1) is 0 Å². The number of nitrogens with one attached hydrogen (secondary N) is 2. The number of benzene rings is 1. The van der Waals surface area contributed by atoms with Gasteiger partial charge in [-0.05, 0) is 24.5 Å². The Labute approximate surface area is 135 Å². The summed E-state index contributed by atoms with van der Waals surface area (Å²) < 4.78 is 0. The van der Waals surface area contributed by atoms with Gasteiger partial charge in [0.25, 0.3) is 0 Å². The van der Waals surface area contributed by atoms with E-state index in [0.717, 1.165) is 42.4 Å². The number of carbonyl (C=O) groups is 2. The Morgan fingerprint density at radius 1 is 1.26 bits per heavy atom. The number of likely N-dealkylation sites (tertiary alicyclic amines) is 1. The number of nitrogens with two attached hydrogens (primary N) is 1. The highest BCUT2D eigenvalue weighted by Crippen LogP contribution is 2.18. The summed E-state index contributed by atoms with van der Waals surface area (Å²) in [5, 5.41) is 4.20. The van der Waals surface area contributed by atoms with Gasteiger partial charge < -0.3 is 16.0 Å². The van der Waals surface area contributed by atoms with E-state index in [1.807, 2.05) is 35.4 Å². The summed E-state index contributed by atoms with van der Waals surface area (Å²) in [6.07, 6.45) is 3.99. The number of piperidine rings is 1. The van der Waals surface area contributed by atoms with E-state index in [1.54, 1.807) is 0 Å². The van der Waals surface area contributed by atoms with Gasteiger partial charge >= 0.3 is 0 Å². The third-order valence-corrected chi connectivity index (χ3v) is 4.36. The van der Waals surface area contributed by atoms with Crippen LogP contribution in [0.3, 0.4) is 0 Å². The summed E-state index contributed by atoms with van der Waals surface area (Å²) in [6.45, 7) is 1.89. The smallest absolute Gasteiger partial charge is 0.231 e. The zero-order chi connectivity index (χ0) is 16.2. The lowest BCUT2D eigenvalue weighted by Gasteiger charge is -2.31. The number of nitrogens with zero attached hydrogens (tertiary/aromatic N) is 1. The largest absolute Gasteiger partial charge is 0.369 e. The van der Waals surface area contributed by atoms with Crippen LogP contribution in [0.15, 0.2) is 30.5 Å². The van der Waals surface area contributed by atoms with Crippen LogP contribution >= 0.6 is 0 Å². The monoisotopic (exact) mass is 314 g/mol. The SMILES string of the molecule is NC(=O)CN1CCC(NC(=O)Cc2c[nH]c3ccccc23)CC1. The van der Waals surface area contributed by atoms with Gasteiger partial charge in [-0.3, -0.25) is 14.5 Å². The second kappa shape index (κ2) is 6.83. The average Bonchev–Trinajstić information content (AvgIpc) is 2.92. The van der Waals surface area contributed by atoms with E-state index < -0.39 is 0 Å². The van der Waals surface area contributed by atoms with Crippen molar-refractivity contribution in [3.63, 3.8) is 0 Å². The quantitative estimate of drug-likeness (QED) is 0.761. The van der Waals surface area contributed by atoms with Crippen LogP contribution < -0.4 is 11.1 Å². The Kier molecular flexibility index (Phi) is 4.62. The molecule has 1 aliphatic rings. The number of hydrogen-bond acceptors (Lipinski definition) is 3. The molecule has 6 nitrogen and oxygen atoms in total. The van der Waals surface area contributed by atoms with Crippen LogP contribution in [0.2, 0.25) is 0 Å². The number of primary amides is 1. The predicted molar refractivity (Wildman–Crippen MR) is 88.8 cm³/mol. The van der Waals surface area contributed by atoms with Gasteiger partial charge in [-0.1, -0.05) is 18.2 Å². The van der Waals surface area contributed by atoms with Gasteiger partial charge in [0.05, 0.1) is 13.0 Å². The molecule has 4 N–H and O–H groups in total. The number of para-hydroxylation sites is 1. The van der Waals surface area contributed by atoms with Crippen molar-refractivity contribution in [2.75, 3.05) is 19.6 Å². The lowest BCUT2D eigenvalue weighted by molar-refractivity contribution is -0.122. The molecule has 1 saturated heterocycles. The van der Waals surface area contributed by atoms with E-state index in [9.17, 15) is 9.59 Å². The molecule has 0 unspecified atom stereocenters. The number of aromatic amines is 1. The van der Waals surface area contributed by atoms with Crippen LogP contribution in [0, 0.1) is 0 Å². The molecule has 2 aromatic rings. The predicted octanol–water partition coefficient (Wildman–Crippen LogP) is 0.776. The molecule has 0 radical (unpaired) electrons. The Balaban J connectivity index is 1.51. The highest BCUT2D eigenvalue weighted by molar-refractivity contribution is 5.88. The third-order valence-electron chi connectivity index (χ3n) is 4.36. The first-order valence-corrected chi connectivity index (χ1v) is 7.97. The zero-order valence-electron chi connectivity index (χ0n) is 13.0. The molecule has 0 spiro atoms. The first kappa shape index (κ1) is 15.6. The molecule has 0 atom stereocenters. The van der Waals surface area contributed by atoms with E-state index >= 15 is 0 Å². The maximum atomic E-state index is 12.3. The molecule has 122 valence electrons. The summed E-state index contributed by atoms with van der Waals surface area (Å²) in [5.41, 5.74) is 7.28. The van der Waals surface area contributed by atoms with Crippen molar-refractivity contribution >= 4 is 22.7 Å². The summed E-state index contributed by atoms with van der Waals surface area (Å²) in [4.78, 5) is 28.4. The van der Waals surface area contributed by atoms with E-state index in [-0.39, 0.29) is 17.9 Å². The summed E-state index contributed by atoms with van der Waals surface area (Å²) in [7, 11) is 0. The third kappa shape index (κ3) is 3.90. The van der Waals surface area contributed by atoms with Crippen LogP contribution in [0.4, 0.5) is 0 Å². The number of fused-ring (bicyclic) bond motifs is 1. The van der Waals surface area contributed by atoms with E-state index in [4.69, 9.17) is 5.73 Å². The molecule has 0 saturated carbocycles. The summed E-state index contributed by atoms with van der Waals surface area (Å²) >= 11 is 0. The number of carbonyl (C=O) groups excluding carboxylic acids is 2.